The Morgan fingerprint density at radius 1 is 1.37 bits per heavy atom. The number of fused-ring (bicyclic) bond motifs is 1. The Bertz CT molecular complexity index is 602. The first-order valence-electron chi connectivity index (χ1n) is 6.20. The van der Waals surface area contributed by atoms with Crippen LogP contribution in [0.1, 0.15) is 11.1 Å². The third-order valence-corrected chi connectivity index (χ3v) is 4.42. The van der Waals surface area contributed by atoms with Gasteiger partial charge in [-0.05, 0) is 42.7 Å². The number of hydrogen-bond acceptors (Lipinski definition) is 3. The van der Waals surface area contributed by atoms with Gasteiger partial charge in [-0.15, -0.1) is 11.8 Å². The molecule has 1 aliphatic rings. The van der Waals surface area contributed by atoms with Crippen molar-refractivity contribution < 1.29 is 4.79 Å². The summed E-state index contributed by atoms with van der Waals surface area (Å²) < 4.78 is 0. The van der Waals surface area contributed by atoms with E-state index in [1.165, 1.54) is 10.5 Å². The Labute approximate surface area is 116 Å². The largest absolute Gasteiger partial charge is 0.310 e. The molecule has 2 heterocycles. The molecule has 1 aromatic heterocycles. The van der Waals surface area contributed by atoms with Gasteiger partial charge in [0, 0.05) is 11.1 Å². The number of aromatic nitrogens is 1. The minimum atomic E-state index is -0.0558. The monoisotopic (exact) mass is 270 g/mol. The molecule has 0 bridgehead atoms. The third kappa shape index (κ3) is 2.63. The maximum atomic E-state index is 12.2. The van der Waals surface area contributed by atoms with E-state index in [-0.39, 0.29) is 11.2 Å². The Morgan fingerprint density at radius 3 is 3.00 bits per heavy atom. The predicted molar refractivity (Wildman–Crippen MR) is 77.4 cm³/mol. The number of pyridine rings is 1. The molecule has 3 rings (SSSR count). The smallest absolute Gasteiger partial charge is 0.239 e. The second-order valence-corrected chi connectivity index (χ2v) is 5.87. The molecule has 1 atom stereocenters. The minimum Gasteiger partial charge on any atom is -0.310 e. The van der Waals surface area contributed by atoms with Crippen LogP contribution in [0.15, 0.2) is 47.5 Å². The van der Waals surface area contributed by atoms with E-state index in [4.69, 9.17) is 0 Å². The van der Waals surface area contributed by atoms with Crippen molar-refractivity contribution in [2.75, 3.05) is 5.32 Å². The molecule has 1 N–H and O–H groups in total. The second kappa shape index (κ2) is 5.05. The first-order chi connectivity index (χ1) is 9.22. The summed E-state index contributed by atoms with van der Waals surface area (Å²) in [6.07, 6.45) is 2.50. The zero-order valence-corrected chi connectivity index (χ0v) is 11.4. The van der Waals surface area contributed by atoms with Crippen LogP contribution >= 0.6 is 11.8 Å². The maximum absolute atomic E-state index is 12.2. The highest BCUT2D eigenvalue weighted by Crippen LogP contribution is 2.37. The van der Waals surface area contributed by atoms with Crippen LogP contribution < -0.4 is 5.32 Å². The second-order valence-electron chi connectivity index (χ2n) is 4.63. The normalized spacial score (nSPS) is 17.0. The number of anilines is 1. The van der Waals surface area contributed by atoms with Crippen LogP contribution in [0.4, 0.5) is 5.82 Å². The maximum Gasteiger partial charge on any atom is 0.239 e. The standard InChI is InChI=1S/C15H14N2OS/c1-10-6-7-16-14(8-10)17-15(18)13-9-11-4-2-3-5-12(11)19-13/h2-8,13H,9H2,1H3,(H,16,17,18)/t13-/m0/s1. The number of benzene rings is 1. The van der Waals surface area contributed by atoms with Crippen molar-refractivity contribution in [2.24, 2.45) is 0 Å². The zero-order valence-electron chi connectivity index (χ0n) is 10.6. The van der Waals surface area contributed by atoms with E-state index in [1.807, 2.05) is 31.2 Å². The molecule has 1 aromatic carbocycles. The van der Waals surface area contributed by atoms with Crippen LogP contribution in [0.3, 0.4) is 0 Å². The summed E-state index contributed by atoms with van der Waals surface area (Å²) in [5.41, 5.74) is 2.34. The first kappa shape index (κ1) is 12.2. The van der Waals surface area contributed by atoms with Gasteiger partial charge in [-0.2, -0.15) is 0 Å². The average molecular weight is 270 g/mol. The molecular weight excluding hydrogens is 256 g/mol. The minimum absolute atomic E-state index is 0.0271. The first-order valence-corrected chi connectivity index (χ1v) is 7.08. The van der Waals surface area contributed by atoms with Crippen molar-refractivity contribution in [2.45, 2.75) is 23.5 Å². The highest BCUT2D eigenvalue weighted by molar-refractivity contribution is 8.01. The van der Waals surface area contributed by atoms with E-state index in [0.29, 0.717) is 5.82 Å². The van der Waals surface area contributed by atoms with Crippen molar-refractivity contribution in [1.82, 2.24) is 4.98 Å². The quantitative estimate of drug-likeness (QED) is 0.912. The number of thioether (sulfide) groups is 1. The van der Waals surface area contributed by atoms with Gasteiger partial charge in [0.25, 0.3) is 0 Å². The molecule has 1 aliphatic heterocycles. The van der Waals surface area contributed by atoms with E-state index >= 15 is 0 Å². The van der Waals surface area contributed by atoms with Gasteiger partial charge in [0.05, 0.1) is 5.25 Å². The highest BCUT2D eigenvalue weighted by Gasteiger charge is 2.28. The number of nitrogens with one attached hydrogen (secondary N) is 1. The van der Waals surface area contributed by atoms with Gasteiger partial charge in [0.1, 0.15) is 5.82 Å². The van der Waals surface area contributed by atoms with Crippen LogP contribution in [0.25, 0.3) is 0 Å². The highest BCUT2D eigenvalue weighted by atomic mass is 32.2. The summed E-state index contributed by atoms with van der Waals surface area (Å²) in [5, 5.41) is 2.83. The van der Waals surface area contributed by atoms with Crippen molar-refractivity contribution in [1.29, 1.82) is 0 Å². The van der Waals surface area contributed by atoms with E-state index < -0.39 is 0 Å². The van der Waals surface area contributed by atoms with Crippen LogP contribution in [-0.4, -0.2) is 16.1 Å². The van der Waals surface area contributed by atoms with Gasteiger partial charge in [0.2, 0.25) is 5.91 Å². The van der Waals surface area contributed by atoms with Gasteiger partial charge in [-0.25, -0.2) is 4.98 Å². The molecule has 19 heavy (non-hydrogen) atoms. The predicted octanol–water partition coefficient (Wildman–Crippen LogP) is 3.05. The molecule has 4 heteroatoms. The molecule has 0 unspecified atom stereocenters. The van der Waals surface area contributed by atoms with Gasteiger partial charge < -0.3 is 5.32 Å². The molecule has 2 aromatic rings. The zero-order chi connectivity index (χ0) is 13.2. The summed E-state index contributed by atoms with van der Waals surface area (Å²) in [7, 11) is 0. The molecule has 1 amide bonds. The van der Waals surface area contributed by atoms with Crippen molar-refractivity contribution in [3.05, 3.63) is 53.7 Å². The van der Waals surface area contributed by atoms with E-state index in [2.05, 4.69) is 22.4 Å². The molecule has 0 saturated carbocycles. The third-order valence-electron chi connectivity index (χ3n) is 3.11. The van der Waals surface area contributed by atoms with Crippen molar-refractivity contribution in [3.8, 4) is 0 Å². The lowest BCUT2D eigenvalue weighted by Crippen LogP contribution is -2.25. The fraction of sp³-hybridized carbons (Fsp3) is 0.200. The fourth-order valence-corrected chi connectivity index (χ4v) is 3.33. The van der Waals surface area contributed by atoms with E-state index in [9.17, 15) is 4.79 Å². The number of rotatable bonds is 2. The van der Waals surface area contributed by atoms with Gasteiger partial charge in [0.15, 0.2) is 0 Å². The molecule has 3 nitrogen and oxygen atoms in total. The summed E-state index contributed by atoms with van der Waals surface area (Å²) >= 11 is 1.63. The molecule has 0 radical (unpaired) electrons. The summed E-state index contributed by atoms with van der Waals surface area (Å²) in [4.78, 5) is 17.6. The molecule has 0 fully saturated rings. The number of nitrogens with zero attached hydrogens (tertiary/aromatic N) is 1. The van der Waals surface area contributed by atoms with Crippen LogP contribution in [0.2, 0.25) is 0 Å². The van der Waals surface area contributed by atoms with Crippen LogP contribution in [-0.2, 0) is 11.2 Å². The van der Waals surface area contributed by atoms with E-state index in [0.717, 1.165) is 12.0 Å². The summed E-state index contributed by atoms with van der Waals surface area (Å²) in [6, 6.07) is 12.0. The molecule has 0 aliphatic carbocycles. The van der Waals surface area contributed by atoms with Crippen molar-refractivity contribution >= 4 is 23.5 Å². The number of carbonyl (C=O) groups is 1. The molecular formula is C15H14N2OS. The summed E-state index contributed by atoms with van der Waals surface area (Å²) in [5.74, 6) is 0.654. The van der Waals surface area contributed by atoms with Crippen molar-refractivity contribution in [3.63, 3.8) is 0 Å². The summed E-state index contributed by atoms with van der Waals surface area (Å²) in [6.45, 7) is 1.98. The number of hydrogen-bond donors (Lipinski definition) is 1. The van der Waals surface area contributed by atoms with E-state index in [1.54, 1.807) is 18.0 Å². The topological polar surface area (TPSA) is 42.0 Å². The lowest BCUT2D eigenvalue weighted by atomic mass is 10.1. The Balaban J connectivity index is 1.70. The van der Waals surface area contributed by atoms with Gasteiger partial charge in [-0.1, -0.05) is 18.2 Å². The molecule has 96 valence electrons. The molecule has 0 saturated heterocycles. The van der Waals surface area contributed by atoms with Gasteiger partial charge >= 0.3 is 0 Å². The van der Waals surface area contributed by atoms with Crippen LogP contribution in [0, 0.1) is 6.92 Å². The number of carbonyl (C=O) groups excluding carboxylic acids is 1. The lowest BCUT2D eigenvalue weighted by Gasteiger charge is -2.09. The fourth-order valence-electron chi connectivity index (χ4n) is 2.14. The lowest BCUT2D eigenvalue weighted by molar-refractivity contribution is -0.115. The Morgan fingerprint density at radius 2 is 2.21 bits per heavy atom. The Kier molecular flexibility index (Phi) is 3.25. The Hall–Kier alpha value is -1.81. The number of amides is 1. The number of aryl methyl sites for hydroxylation is 1. The SMILES string of the molecule is Cc1ccnc(NC(=O)[C@@H]2Cc3ccccc3S2)c1. The average Bonchev–Trinajstić information content (AvgIpc) is 2.82. The van der Waals surface area contributed by atoms with Gasteiger partial charge in [-0.3, -0.25) is 4.79 Å². The van der Waals surface area contributed by atoms with Crippen LogP contribution in [0.5, 0.6) is 0 Å². The molecule has 0 spiro atoms.